The topological polar surface area (TPSA) is 60.2 Å². The highest BCUT2D eigenvalue weighted by atomic mass is 16.1. The molecule has 3 aliphatic rings. The van der Waals surface area contributed by atoms with Crippen LogP contribution in [0, 0.1) is 11.8 Å². The first-order chi connectivity index (χ1) is 10.1. The van der Waals surface area contributed by atoms with E-state index in [2.05, 4.69) is 6.07 Å². The largest absolute Gasteiger partial charge is 0.366 e. The summed E-state index contributed by atoms with van der Waals surface area (Å²) < 4.78 is 0. The summed E-state index contributed by atoms with van der Waals surface area (Å²) in [5.74, 6) is 1.37. The van der Waals surface area contributed by atoms with Crippen LogP contribution >= 0.6 is 0 Å². The summed E-state index contributed by atoms with van der Waals surface area (Å²) in [5.41, 5.74) is 8.65. The van der Waals surface area contributed by atoms with Crippen LogP contribution in [0.4, 0.5) is 0 Å². The lowest BCUT2D eigenvalue weighted by molar-refractivity contribution is -0.125. The van der Waals surface area contributed by atoms with Gasteiger partial charge in [0.1, 0.15) is 5.78 Å². The number of ketones is 1. The maximum Gasteiger partial charge on any atom is 0.248 e. The molecule has 0 aliphatic heterocycles. The van der Waals surface area contributed by atoms with Crippen molar-refractivity contribution < 1.29 is 9.59 Å². The van der Waals surface area contributed by atoms with Gasteiger partial charge >= 0.3 is 0 Å². The predicted octanol–water partition coefficient (Wildman–Crippen LogP) is 2.75. The highest BCUT2D eigenvalue weighted by Crippen LogP contribution is 2.58. The Morgan fingerprint density at radius 1 is 1.29 bits per heavy atom. The number of amides is 1. The van der Waals surface area contributed by atoms with Crippen molar-refractivity contribution in [2.24, 2.45) is 17.6 Å². The summed E-state index contributed by atoms with van der Waals surface area (Å²) >= 11 is 0. The molecule has 2 N–H and O–H groups in total. The Hall–Kier alpha value is -1.64. The van der Waals surface area contributed by atoms with Gasteiger partial charge in [0.2, 0.25) is 5.91 Å². The van der Waals surface area contributed by atoms with Crippen molar-refractivity contribution in [3.8, 4) is 0 Å². The van der Waals surface area contributed by atoms with E-state index in [-0.39, 0.29) is 11.3 Å². The summed E-state index contributed by atoms with van der Waals surface area (Å²) in [4.78, 5) is 23.7. The SMILES string of the molecule is NC(=O)c1ccc2c(c1)C13CCC[C@H](C2)[C@@H]1CCC(=O)C3. The van der Waals surface area contributed by atoms with Crippen LogP contribution in [-0.4, -0.2) is 11.7 Å². The Bertz CT molecular complexity index is 636. The fourth-order valence-electron chi connectivity index (χ4n) is 5.33. The molecule has 0 saturated heterocycles. The molecule has 3 heteroatoms. The van der Waals surface area contributed by atoms with Gasteiger partial charge in [0.25, 0.3) is 0 Å². The molecule has 3 aliphatic carbocycles. The molecule has 1 aromatic rings. The monoisotopic (exact) mass is 283 g/mol. The molecule has 2 fully saturated rings. The minimum atomic E-state index is -0.370. The smallest absolute Gasteiger partial charge is 0.248 e. The first-order valence-electron chi connectivity index (χ1n) is 8.05. The summed E-state index contributed by atoms with van der Waals surface area (Å²) in [7, 11) is 0. The molecule has 0 spiro atoms. The molecule has 2 bridgehead atoms. The third-order valence-corrected chi connectivity index (χ3v) is 6.14. The van der Waals surface area contributed by atoms with Crippen LogP contribution in [0.15, 0.2) is 18.2 Å². The van der Waals surface area contributed by atoms with E-state index in [9.17, 15) is 9.59 Å². The van der Waals surface area contributed by atoms with Gasteiger partial charge in [-0.2, -0.15) is 0 Å². The third-order valence-electron chi connectivity index (χ3n) is 6.14. The number of Topliss-reactive ketones (excluding diaryl/α,β-unsaturated/α-hetero) is 1. The van der Waals surface area contributed by atoms with E-state index in [1.807, 2.05) is 12.1 Å². The Balaban J connectivity index is 1.90. The number of benzene rings is 1. The molecule has 3 atom stereocenters. The summed E-state index contributed by atoms with van der Waals surface area (Å²) in [6, 6.07) is 5.91. The highest BCUT2D eigenvalue weighted by molar-refractivity contribution is 5.93. The predicted molar refractivity (Wildman–Crippen MR) is 80.0 cm³/mol. The van der Waals surface area contributed by atoms with Gasteiger partial charge in [0.15, 0.2) is 0 Å². The van der Waals surface area contributed by atoms with E-state index in [0.29, 0.717) is 23.7 Å². The number of nitrogens with two attached hydrogens (primary N) is 1. The van der Waals surface area contributed by atoms with Gasteiger partial charge in [0, 0.05) is 23.8 Å². The van der Waals surface area contributed by atoms with Gasteiger partial charge < -0.3 is 5.73 Å². The molecule has 0 radical (unpaired) electrons. The van der Waals surface area contributed by atoms with Crippen LogP contribution in [-0.2, 0) is 16.6 Å². The number of rotatable bonds is 1. The van der Waals surface area contributed by atoms with E-state index < -0.39 is 0 Å². The first kappa shape index (κ1) is 13.1. The van der Waals surface area contributed by atoms with E-state index in [1.54, 1.807) is 0 Å². The lowest BCUT2D eigenvalue weighted by atomic mass is 9.48. The maximum absolute atomic E-state index is 12.1. The van der Waals surface area contributed by atoms with Crippen molar-refractivity contribution in [1.29, 1.82) is 0 Å². The second-order valence-electron chi connectivity index (χ2n) is 7.11. The van der Waals surface area contributed by atoms with Crippen molar-refractivity contribution in [2.75, 3.05) is 0 Å². The first-order valence-corrected chi connectivity index (χ1v) is 8.05. The highest BCUT2D eigenvalue weighted by Gasteiger charge is 2.53. The summed E-state index contributed by atoms with van der Waals surface area (Å²) in [6.45, 7) is 0. The molecule has 1 unspecified atom stereocenters. The molecule has 0 aromatic heterocycles. The lowest BCUT2D eigenvalue weighted by Crippen LogP contribution is -2.51. The Kier molecular flexibility index (Phi) is 2.75. The number of carbonyl (C=O) groups is 2. The molecule has 0 heterocycles. The minimum absolute atomic E-state index is 0.00269. The Morgan fingerprint density at radius 3 is 2.95 bits per heavy atom. The van der Waals surface area contributed by atoms with E-state index >= 15 is 0 Å². The molecule has 3 nitrogen and oxygen atoms in total. The summed E-state index contributed by atoms with van der Waals surface area (Å²) in [5, 5.41) is 0. The van der Waals surface area contributed by atoms with Crippen molar-refractivity contribution in [3.63, 3.8) is 0 Å². The Labute approximate surface area is 124 Å². The van der Waals surface area contributed by atoms with Crippen LogP contribution < -0.4 is 5.73 Å². The van der Waals surface area contributed by atoms with Gasteiger partial charge in [-0.3, -0.25) is 9.59 Å². The van der Waals surface area contributed by atoms with E-state index in [4.69, 9.17) is 5.73 Å². The Morgan fingerprint density at radius 2 is 2.14 bits per heavy atom. The van der Waals surface area contributed by atoms with Crippen molar-refractivity contribution in [1.82, 2.24) is 0 Å². The van der Waals surface area contributed by atoms with E-state index in [0.717, 1.165) is 31.6 Å². The zero-order valence-electron chi connectivity index (χ0n) is 12.2. The number of fused-ring (bicyclic) bond motifs is 1. The second-order valence-corrected chi connectivity index (χ2v) is 7.11. The number of carbonyl (C=O) groups excluding carboxylic acids is 2. The van der Waals surface area contributed by atoms with Gasteiger partial charge in [-0.25, -0.2) is 0 Å². The number of hydrogen-bond acceptors (Lipinski definition) is 2. The molecular weight excluding hydrogens is 262 g/mol. The van der Waals surface area contributed by atoms with Gasteiger partial charge in [-0.05, 0) is 60.8 Å². The van der Waals surface area contributed by atoms with E-state index in [1.165, 1.54) is 24.0 Å². The molecular formula is C18H21NO2. The second kappa shape index (κ2) is 4.43. The van der Waals surface area contributed by atoms with Crippen LogP contribution in [0.25, 0.3) is 0 Å². The average molecular weight is 283 g/mol. The van der Waals surface area contributed by atoms with Gasteiger partial charge in [-0.1, -0.05) is 12.5 Å². The molecule has 2 saturated carbocycles. The quantitative estimate of drug-likeness (QED) is 0.861. The van der Waals surface area contributed by atoms with Crippen LogP contribution in [0.2, 0.25) is 0 Å². The van der Waals surface area contributed by atoms with Gasteiger partial charge in [0.05, 0.1) is 0 Å². The van der Waals surface area contributed by atoms with Crippen molar-refractivity contribution in [3.05, 3.63) is 34.9 Å². The van der Waals surface area contributed by atoms with Crippen LogP contribution in [0.5, 0.6) is 0 Å². The maximum atomic E-state index is 12.1. The summed E-state index contributed by atoms with van der Waals surface area (Å²) in [6.07, 6.45) is 7.14. The fraction of sp³-hybridized carbons (Fsp3) is 0.556. The zero-order valence-corrected chi connectivity index (χ0v) is 12.2. The molecule has 21 heavy (non-hydrogen) atoms. The van der Waals surface area contributed by atoms with Crippen molar-refractivity contribution >= 4 is 11.7 Å². The zero-order chi connectivity index (χ0) is 14.6. The van der Waals surface area contributed by atoms with Gasteiger partial charge in [-0.15, -0.1) is 0 Å². The molecule has 110 valence electrons. The number of primary amides is 1. The minimum Gasteiger partial charge on any atom is -0.366 e. The lowest BCUT2D eigenvalue weighted by Gasteiger charge is -2.55. The van der Waals surface area contributed by atoms with Crippen LogP contribution in [0.1, 0.15) is 60.0 Å². The molecule has 4 rings (SSSR count). The molecule has 1 aromatic carbocycles. The standard InChI is InChI=1S/C18H21NO2/c19-17(21)13-4-3-12-8-11-2-1-7-18(16(12)9-13)10-14(20)5-6-15(11)18/h3-4,9,11,15H,1-2,5-8,10H2,(H2,19,21)/t11-,15+,18?/m1/s1. The molecule has 1 amide bonds. The normalized spacial score (nSPS) is 34.0. The van der Waals surface area contributed by atoms with Crippen molar-refractivity contribution in [2.45, 2.75) is 50.4 Å². The number of hydrogen-bond donors (Lipinski definition) is 1. The fourth-order valence-corrected chi connectivity index (χ4v) is 5.33. The average Bonchev–Trinajstić information content (AvgIpc) is 2.46. The third kappa shape index (κ3) is 1.79. The van der Waals surface area contributed by atoms with Crippen LogP contribution in [0.3, 0.4) is 0 Å².